The molecule has 28 heavy (non-hydrogen) atoms. The lowest BCUT2D eigenvalue weighted by atomic mass is 9.93. The predicted octanol–water partition coefficient (Wildman–Crippen LogP) is 5.61. The van der Waals surface area contributed by atoms with Crippen molar-refractivity contribution in [2.45, 2.75) is 37.8 Å². The van der Waals surface area contributed by atoms with E-state index in [1.807, 2.05) is 4.57 Å². The van der Waals surface area contributed by atoms with Crippen LogP contribution < -0.4 is 0 Å². The molecule has 1 aliphatic carbocycles. The number of halogens is 3. The number of hydrogen-bond donors (Lipinski definition) is 1. The van der Waals surface area contributed by atoms with Crippen molar-refractivity contribution in [2.75, 3.05) is 0 Å². The highest BCUT2D eigenvalue weighted by Gasteiger charge is 2.32. The molecule has 4 nitrogen and oxygen atoms in total. The molecule has 1 saturated carbocycles. The topological polar surface area (TPSA) is 55.1 Å². The van der Waals surface area contributed by atoms with Gasteiger partial charge in [0.1, 0.15) is 0 Å². The number of aryl methyl sites for hydroxylation is 1. The summed E-state index contributed by atoms with van der Waals surface area (Å²) in [6.45, 7) is 0. The van der Waals surface area contributed by atoms with Crippen molar-refractivity contribution in [3.63, 3.8) is 0 Å². The number of aromatic carboxylic acids is 1. The average molecular weight is 388 g/mol. The Hall–Kier alpha value is -2.83. The highest BCUT2D eigenvalue weighted by atomic mass is 19.4. The maximum Gasteiger partial charge on any atom is 0.417 e. The van der Waals surface area contributed by atoms with Crippen molar-refractivity contribution in [3.05, 3.63) is 53.2 Å². The summed E-state index contributed by atoms with van der Waals surface area (Å²) < 4.78 is 40.6. The van der Waals surface area contributed by atoms with Gasteiger partial charge in [0, 0.05) is 24.1 Å². The van der Waals surface area contributed by atoms with E-state index < -0.39 is 17.7 Å². The molecule has 0 saturated heterocycles. The van der Waals surface area contributed by atoms with Gasteiger partial charge >= 0.3 is 12.1 Å². The molecule has 1 fully saturated rings. The molecular formula is C21H19F3N2O2. The lowest BCUT2D eigenvalue weighted by Crippen LogP contribution is -2.06. The molecule has 0 atom stereocenters. The van der Waals surface area contributed by atoms with Crippen LogP contribution in [-0.2, 0) is 13.2 Å². The van der Waals surface area contributed by atoms with E-state index in [0.717, 1.165) is 60.1 Å². The number of alkyl halides is 3. The first-order valence-corrected chi connectivity index (χ1v) is 9.16. The number of nitrogens with zero attached hydrogens (tertiary/aromatic N) is 2. The Bertz CT molecular complexity index is 1050. The lowest BCUT2D eigenvalue weighted by Gasteiger charge is -2.14. The van der Waals surface area contributed by atoms with Gasteiger partial charge in [0.25, 0.3) is 0 Å². The van der Waals surface area contributed by atoms with E-state index in [-0.39, 0.29) is 5.56 Å². The molecule has 0 spiro atoms. The first-order chi connectivity index (χ1) is 13.3. The maximum absolute atomic E-state index is 12.9. The van der Waals surface area contributed by atoms with Gasteiger partial charge in [0.05, 0.1) is 22.5 Å². The molecule has 2 aromatic heterocycles. The fourth-order valence-corrected chi connectivity index (χ4v) is 4.24. The first-order valence-electron chi connectivity index (χ1n) is 9.16. The van der Waals surface area contributed by atoms with Gasteiger partial charge in [-0.05, 0) is 48.6 Å². The molecule has 1 aliphatic rings. The SMILES string of the molecule is Cn1c(-c2ccc(C(F)(F)F)cn2)c(C2CCCC2)c2ccc(C(=O)O)cc21. The normalized spacial score (nSPS) is 15.4. The molecule has 0 radical (unpaired) electrons. The van der Waals surface area contributed by atoms with E-state index in [2.05, 4.69) is 4.98 Å². The van der Waals surface area contributed by atoms with Crippen LogP contribution in [0.1, 0.15) is 53.1 Å². The van der Waals surface area contributed by atoms with Crippen molar-refractivity contribution < 1.29 is 23.1 Å². The summed E-state index contributed by atoms with van der Waals surface area (Å²) in [4.78, 5) is 15.5. The smallest absolute Gasteiger partial charge is 0.417 e. The Labute approximate surface area is 159 Å². The second kappa shape index (κ2) is 6.65. The number of carbonyl (C=O) groups is 1. The number of pyridine rings is 1. The van der Waals surface area contributed by atoms with Crippen LogP contribution in [0.25, 0.3) is 22.3 Å². The minimum Gasteiger partial charge on any atom is -0.478 e. The standard InChI is InChI=1S/C21H19F3N2O2/c1-26-17-10-13(20(27)28)6-8-15(17)18(12-4-2-3-5-12)19(26)16-9-7-14(11-25-16)21(22,23)24/h6-12H,2-5H2,1H3,(H,27,28). The van der Waals surface area contributed by atoms with Crippen molar-refractivity contribution in [1.29, 1.82) is 0 Å². The third-order valence-corrected chi connectivity index (χ3v) is 5.58. The summed E-state index contributed by atoms with van der Waals surface area (Å²) in [6.07, 6.45) is 0.645. The van der Waals surface area contributed by atoms with E-state index in [1.165, 1.54) is 6.07 Å². The Balaban J connectivity index is 1.94. The molecule has 0 aliphatic heterocycles. The van der Waals surface area contributed by atoms with Crippen LogP contribution in [0.4, 0.5) is 13.2 Å². The van der Waals surface area contributed by atoms with Crippen LogP contribution >= 0.6 is 0 Å². The monoisotopic (exact) mass is 388 g/mol. The van der Waals surface area contributed by atoms with Crippen LogP contribution in [0, 0.1) is 0 Å². The third-order valence-electron chi connectivity index (χ3n) is 5.58. The highest BCUT2D eigenvalue weighted by Crippen LogP contribution is 2.44. The minimum atomic E-state index is -4.44. The number of benzene rings is 1. The summed E-state index contributed by atoms with van der Waals surface area (Å²) in [7, 11) is 1.81. The zero-order chi connectivity index (χ0) is 20.1. The molecule has 1 N–H and O–H groups in total. The van der Waals surface area contributed by atoms with E-state index in [1.54, 1.807) is 25.2 Å². The van der Waals surface area contributed by atoms with Gasteiger partial charge in [-0.25, -0.2) is 4.79 Å². The van der Waals surface area contributed by atoms with E-state index in [4.69, 9.17) is 0 Å². The Morgan fingerprint density at radius 1 is 1.18 bits per heavy atom. The molecule has 0 unspecified atom stereocenters. The highest BCUT2D eigenvalue weighted by molar-refractivity contribution is 5.97. The van der Waals surface area contributed by atoms with E-state index >= 15 is 0 Å². The average Bonchev–Trinajstić information content (AvgIpc) is 3.27. The molecule has 7 heteroatoms. The number of hydrogen-bond acceptors (Lipinski definition) is 2. The summed E-state index contributed by atoms with van der Waals surface area (Å²) >= 11 is 0. The Morgan fingerprint density at radius 2 is 1.89 bits per heavy atom. The molecular weight excluding hydrogens is 369 g/mol. The number of rotatable bonds is 3. The van der Waals surface area contributed by atoms with Gasteiger partial charge in [-0.1, -0.05) is 18.9 Å². The van der Waals surface area contributed by atoms with Crippen LogP contribution in [0.2, 0.25) is 0 Å². The zero-order valence-corrected chi connectivity index (χ0v) is 15.3. The molecule has 2 heterocycles. The third kappa shape index (κ3) is 3.04. The molecule has 3 aromatic rings. The van der Waals surface area contributed by atoms with Crippen LogP contribution in [-0.4, -0.2) is 20.6 Å². The largest absolute Gasteiger partial charge is 0.478 e. The van der Waals surface area contributed by atoms with Crippen molar-refractivity contribution in [2.24, 2.45) is 7.05 Å². The summed E-state index contributed by atoms with van der Waals surface area (Å²) in [5.41, 5.74) is 2.42. The van der Waals surface area contributed by atoms with E-state index in [0.29, 0.717) is 11.6 Å². The van der Waals surface area contributed by atoms with Crippen molar-refractivity contribution in [3.8, 4) is 11.4 Å². The Morgan fingerprint density at radius 3 is 2.46 bits per heavy atom. The van der Waals surface area contributed by atoms with Gasteiger partial charge in [-0.3, -0.25) is 4.98 Å². The molecule has 146 valence electrons. The number of carboxylic acids is 1. The van der Waals surface area contributed by atoms with Gasteiger partial charge < -0.3 is 9.67 Å². The lowest BCUT2D eigenvalue weighted by molar-refractivity contribution is -0.137. The number of carboxylic acid groups (broad SMARTS) is 1. The minimum absolute atomic E-state index is 0.179. The van der Waals surface area contributed by atoms with Gasteiger partial charge in [0.2, 0.25) is 0 Å². The first kappa shape index (κ1) is 18.5. The fraction of sp³-hybridized carbons (Fsp3) is 0.333. The van der Waals surface area contributed by atoms with Gasteiger partial charge in [-0.15, -0.1) is 0 Å². The molecule has 1 aromatic carbocycles. The van der Waals surface area contributed by atoms with Crippen molar-refractivity contribution in [1.82, 2.24) is 9.55 Å². The number of fused-ring (bicyclic) bond motifs is 1. The van der Waals surface area contributed by atoms with Gasteiger partial charge in [-0.2, -0.15) is 13.2 Å². The van der Waals surface area contributed by atoms with Crippen LogP contribution in [0.5, 0.6) is 0 Å². The molecule has 0 bridgehead atoms. The quantitative estimate of drug-likeness (QED) is 0.634. The number of aromatic nitrogens is 2. The predicted molar refractivity (Wildman–Crippen MR) is 99.3 cm³/mol. The Kier molecular flexibility index (Phi) is 4.40. The zero-order valence-electron chi connectivity index (χ0n) is 15.3. The van der Waals surface area contributed by atoms with Crippen LogP contribution in [0.3, 0.4) is 0 Å². The second-order valence-electron chi connectivity index (χ2n) is 7.27. The summed E-state index contributed by atoms with van der Waals surface area (Å²) in [5, 5.41) is 10.3. The second-order valence-corrected chi connectivity index (χ2v) is 7.27. The van der Waals surface area contributed by atoms with Crippen LogP contribution in [0.15, 0.2) is 36.5 Å². The van der Waals surface area contributed by atoms with E-state index in [9.17, 15) is 23.1 Å². The van der Waals surface area contributed by atoms with Gasteiger partial charge in [0.15, 0.2) is 0 Å². The van der Waals surface area contributed by atoms with Crippen molar-refractivity contribution >= 4 is 16.9 Å². The fourth-order valence-electron chi connectivity index (χ4n) is 4.24. The summed E-state index contributed by atoms with van der Waals surface area (Å²) in [5.74, 6) is -0.724. The summed E-state index contributed by atoms with van der Waals surface area (Å²) in [6, 6.07) is 7.44. The molecule has 4 rings (SSSR count). The maximum atomic E-state index is 12.9. The molecule has 0 amide bonds.